The summed E-state index contributed by atoms with van der Waals surface area (Å²) in [5, 5.41) is 0. The van der Waals surface area contributed by atoms with Gasteiger partial charge in [0, 0.05) is 24.1 Å². The van der Waals surface area contributed by atoms with E-state index in [4.69, 9.17) is 0 Å². The largest absolute Gasteiger partial charge is 1.00 e. The van der Waals surface area contributed by atoms with Gasteiger partial charge in [-0.15, -0.1) is 0 Å². The number of benzene rings is 8. The van der Waals surface area contributed by atoms with Crippen LogP contribution in [-0.2, 0) is 10.8 Å². The minimum Gasteiger partial charge on any atom is -0.343 e. The Hall–Kier alpha value is -4.25. The predicted molar refractivity (Wildman–Crippen MR) is 261 cm³/mol. The van der Waals surface area contributed by atoms with Gasteiger partial charge < -0.3 is 6.92 Å². The normalized spacial score (nSPS) is 13.8. The molecule has 291 valence electrons. The van der Waals surface area contributed by atoms with Crippen LogP contribution in [0.1, 0.15) is 64.3 Å². The number of unbranched alkanes of at least 4 members (excludes halogenated alkanes) is 1. The maximum atomic E-state index is 4.34. The van der Waals surface area contributed by atoms with Gasteiger partial charge in [-0.25, -0.2) is 0 Å². The van der Waals surface area contributed by atoms with E-state index in [1.807, 2.05) is 23.5 Å². The van der Waals surface area contributed by atoms with Crippen LogP contribution >= 0.6 is 52.3 Å². The quantitative estimate of drug-likeness (QED) is 0.100. The molecule has 0 N–H and O–H groups in total. The molecule has 2 aliphatic heterocycles. The first-order valence-electron chi connectivity index (χ1n) is 20.2. The summed E-state index contributed by atoms with van der Waals surface area (Å²) in [5.74, 6) is 0. The average Bonchev–Trinajstić information content (AvgIpc) is 3.76. The molecule has 0 bridgehead atoms. The molecular weight excluding hydrogens is 856 g/mol. The smallest absolute Gasteiger partial charge is 0.343 e. The maximum absolute atomic E-state index is 4.34. The molecule has 1 nitrogen and oxygen atoms in total. The predicted octanol–water partition coefficient (Wildman–Crippen LogP) is 12.6. The molecule has 8 aromatic rings. The molecule has 0 saturated heterocycles. The van der Waals surface area contributed by atoms with Gasteiger partial charge in [-0.2, -0.15) is 6.42 Å². The molecule has 12 rings (SSSR count). The van der Waals surface area contributed by atoms with Gasteiger partial charge in [0.15, 0.2) is 0 Å². The van der Waals surface area contributed by atoms with Crippen LogP contribution in [0.25, 0.3) is 22.3 Å². The summed E-state index contributed by atoms with van der Waals surface area (Å²) in [5.41, 5.74) is 16.1. The van der Waals surface area contributed by atoms with Crippen LogP contribution in [0.5, 0.6) is 0 Å². The standard InChI is InChI=1S/C25H15BrS.C25H16S.C4H9.BHNS.Li/c26-22-14-7-13-21-24(22)27-23-15-6-5-12-20(23)25(21)18-10-3-1-8-16(18)17-9-2-4-11-19(17)25;1-3-11-19-17(9-1)18-10-2-4-12-20(18)25(19)21-13-5-7-15-23(21)26-24-16-8-6-14-22(24)25;1-3-4-2;1-2-3;/h1-15H;1-16H;1,3-4H2,2H3;3H;/q;;-1;;+1. The third kappa shape index (κ3) is 6.99. The van der Waals surface area contributed by atoms with Crippen molar-refractivity contribution in [1.29, 1.82) is 0 Å². The van der Waals surface area contributed by atoms with E-state index in [9.17, 15) is 0 Å². The molecule has 0 aromatic heterocycles. The third-order valence-electron chi connectivity index (χ3n) is 11.9. The molecule has 0 fully saturated rings. The summed E-state index contributed by atoms with van der Waals surface area (Å²) in [7, 11) is 4.34. The van der Waals surface area contributed by atoms with Crippen LogP contribution in [-0.4, -0.2) is 7.64 Å². The monoisotopic (exact) mass is 896 g/mol. The van der Waals surface area contributed by atoms with E-state index in [-0.39, 0.29) is 29.7 Å². The topological polar surface area (TPSA) is 12.4 Å². The van der Waals surface area contributed by atoms with E-state index in [1.165, 1.54) is 97.2 Å². The Balaban J connectivity index is 0.000000145. The van der Waals surface area contributed by atoms with Crippen LogP contribution in [0, 0.1) is 6.92 Å². The SMILES string of the molecule is Brc1cccc2c1Sc1ccccc1C21c2ccccc2-c2ccccc21.[B]=NS.[CH2-]CCC.[Li+].c1ccc2c(c1)Sc1ccccc1C21c2ccccc2-c2ccccc21. The van der Waals surface area contributed by atoms with Gasteiger partial charge in [0.1, 0.15) is 0 Å². The van der Waals surface area contributed by atoms with Gasteiger partial charge in [0.05, 0.1) is 10.8 Å². The van der Waals surface area contributed by atoms with Crippen molar-refractivity contribution in [2.45, 2.75) is 50.2 Å². The fourth-order valence-corrected chi connectivity index (χ4v) is 12.6. The summed E-state index contributed by atoms with van der Waals surface area (Å²) in [6.45, 7) is 5.72. The maximum Gasteiger partial charge on any atom is 1.00 e. The van der Waals surface area contributed by atoms with Crippen LogP contribution < -0.4 is 18.9 Å². The molecule has 0 unspecified atom stereocenters. The van der Waals surface area contributed by atoms with E-state index >= 15 is 0 Å². The van der Waals surface area contributed by atoms with Gasteiger partial charge in [-0.1, -0.05) is 201 Å². The first-order chi connectivity index (χ1) is 29.5. The molecule has 2 aliphatic carbocycles. The number of hydrogen-bond donors (Lipinski definition) is 1. The molecule has 7 heteroatoms. The average molecular weight is 898 g/mol. The fourth-order valence-electron chi connectivity index (χ4n) is 9.65. The summed E-state index contributed by atoms with van der Waals surface area (Å²) in [4.78, 5) is 5.38. The Kier molecular flexibility index (Phi) is 13.2. The Morgan fingerprint density at radius 1 is 0.475 bits per heavy atom. The Morgan fingerprint density at radius 2 is 0.754 bits per heavy atom. The fraction of sp³-hybridized carbons (Fsp3) is 0.0926. The van der Waals surface area contributed by atoms with Crippen LogP contribution in [0.2, 0.25) is 0 Å². The molecule has 2 heterocycles. The van der Waals surface area contributed by atoms with Gasteiger partial charge in [-0.05, 0) is 107 Å². The summed E-state index contributed by atoms with van der Waals surface area (Å²) in [6, 6.07) is 69.0. The Labute approximate surface area is 396 Å². The Bertz CT molecular complexity index is 2750. The molecule has 1 radical (unpaired) electrons. The first-order valence-corrected chi connectivity index (χ1v) is 23.0. The van der Waals surface area contributed by atoms with Crippen LogP contribution in [0.3, 0.4) is 0 Å². The van der Waals surface area contributed by atoms with Gasteiger partial charge in [-0.3, -0.25) is 0 Å². The van der Waals surface area contributed by atoms with Gasteiger partial charge in [0.2, 0.25) is 0 Å². The van der Waals surface area contributed by atoms with Crippen molar-refractivity contribution in [3.8, 4) is 22.3 Å². The number of thiol groups is 1. The van der Waals surface area contributed by atoms with E-state index < -0.39 is 0 Å². The van der Waals surface area contributed by atoms with Gasteiger partial charge in [0.25, 0.3) is 0 Å². The number of fused-ring (bicyclic) bond motifs is 18. The molecule has 0 atom stereocenters. The zero-order valence-electron chi connectivity index (χ0n) is 34.2. The van der Waals surface area contributed by atoms with Crippen molar-refractivity contribution in [2.24, 2.45) is 4.30 Å². The van der Waals surface area contributed by atoms with E-state index in [2.05, 4.69) is 243 Å². The van der Waals surface area contributed by atoms with Crippen molar-refractivity contribution in [2.75, 3.05) is 0 Å². The minimum absolute atomic E-state index is 0. The first kappa shape index (κ1) is 43.4. The van der Waals surface area contributed by atoms with Crippen molar-refractivity contribution >= 4 is 59.9 Å². The number of nitrogens with zero attached hydrogens (tertiary/aromatic N) is 1. The molecule has 2 spiro atoms. The zero-order chi connectivity index (χ0) is 41.3. The molecular formula is C54H41BBrLiNS3. The minimum atomic E-state index is -0.256. The molecule has 61 heavy (non-hydrogen) atoms. The van der Waals surface area contributed by atoms with Crippen molar-refractivity contribution in [3.63, 3.8) is 0 Å². The summed E-state index contributed by atoms with van der Waals surface area (Å²) >= 11 is 10.8. The zero-order valence-corrected chi connectivity index (χ0v) is 38.3. The molecule has 4 aliphatic rings. The van der Waals surface area contributed by atoms with Crippen LogP contribution in [0.4, 0.5) is 0 Å². The van der Waals surface area contributed by atoms with E-state index in [0.717, 1.165) is 6.42 Å². The van der Waals surface area contributed by atoms with Gasteiger partial charge >= 0.3 is 43.6 Å². The number of hydrogen-bond acceptors (Lipinski definition) is 4. The second-order valence-corrected chi connectivity index (χ2v) is 18.2. The van der Waals surface area contributed by atoms with Crippen molar-refractivity contribution in [1.82, 2.24) is 0 Å². The molecule has 8 aromatic carbocycles. The molecule has 0 amide bonds. The van der Waals surface area contributed by atoms with Crippen molar-refractivity contribution < 1.29 is 18.9 Å². The van der Waals surface area contributed by atoms with E-state index in [1.54, 1.807) is 0 Å². The molecule has 0 saturated carbocycles. The summed E-state index contributed by atoms with van der Waals surface area (Å²) in [6.07, 6.45) is 2.28. The number of halogens is 1. The number of rotatable bonds is 1. The summed E-state index contributed by atoms with van der Waals surface area (Å²) < 4.78 is 3.86. The second kappa shape index (κ2) is 18.6. The Morgan fingerprint density at radius 3 is 1.11 bits per heavy atom. The second-order valence-electron chi connectivity index (χ2n) is 15.0. The van der Waals surface area contributed by atoms with Crippen molar-refractivity contribution in [3.05, 3.63) is 244 Å². The van der Waals surface area contributed by atoms with Crippen LogP contribution in [0.15, 0.2) is 216 Å². The van der Waals surface area contributed by atoms with E-state index in [0.29, 0.717) is 0 Å². The third-order valence-corrected chi connectivity index (χ3v) is 15.2.